The van der Waals surface area contributed by atoms with Crippen LogP contribution in [0.5, 0.6) is 0 Å². The van der Waals surface area contributed by atoms with E-state index in [1.54, 1.807) is 6.20 Å². The van der Waals surface area contributed by atoms with E-state index in [0.29, 0.717) is 6.54 Å². The summed E-state index contributed by atoms with van der Waals surface area (Å²) in [7, 11) is 0. The molecule has 0 bridgehead atoms. The van der Waals surface area contributed by atoms with Crippen molar-refractivity contribution in [3.8, 4) is 0 Å². The zero-order valence-electron chi connectivity index (χ0n) is 8.94. The second kappa shape index (κ2) is 4.77. The van der Waals surface area contributed by atoms with Gasteiger partial charge in [-0.25, -0.2) is 0 Å². The molecule has 0 fully saturated rings. The molecule has 0 amide bonds. The molecule has 2 rings (SSSR count). The minimum Gasteiger partial charge on any atom is -0.361 e. The summed E-state index contributed by atoms with van der Waals surface area (Å²) in [6, 6.07) is 7.32. The number of aromatic nitrogens is 1. The van der Waals surface area contributed by atoms with Gasteiger partial charge in [-0.2, -0.15) is 0 Å². The van der Waals surface area contributed by atoms with Crippen molar-refractivity contribution in [2.75, 3.05) is 6.54 Å². The Morgan fingerprint density at radius 2 is 2.19 bits per heavy atom. The summed E-state index contributed by atoms with van der Waals surface area (Å²) in [5, 5.41) is 0.720. The Balaban J connectivity index is 2.43. The number of benzene rings is 1. The first kappa shape index (κ1) is 10.6. The number of pyridine rings is 1. The molecule has 1 aromatic heterocycles. The van der Waals surface area contributed by atoms with Crippen molar-refractivity contribution >= 4 is 17.0 Å². The summed E-state index contributed by atoms with van der Waals surface area (Å²) >= 11 is 0. The molecule has 16 heavy (non-hydrogen) atoms. The minimum atomic E-state index is 0.0443. The monoisotopic (exact) mass is 214 g/mol. The standard InChI is InChI=1S/C13H14N2O/c14-7-2-1-3-10-4-5-12-11(9-10)13(16)6-8-15-12/h1,3-6,8-9H,2,7,14H2,(H,15,16). The van der Waals surface area contributed by atoms with Gasteiger partial charge in [0.25, 0.3) is 0 Å². The number of fused-ring (bicyclic) bond motifs is 1. The molecule has 0 aliphatic carbocycles. The number of H-pyrrole nitrogens is 1. The first-order chi connectivity index (χ1) is 7.81. The molecule has 0 radical (unpaired) electrons. The fourth-order valence-electron chi connectivity index (χ4n) is 1.61. The Morgan fingerprint density at radius 3 is 3.00 bits per heavy atom. The summed E-state index contributed by atoms with van der Waals surface area (Å²) in [6.07, 6.45) is 6.51. The van der Waals surface area contributed by atoms with E-state index >= 15 is 0 Å². The molecule has 0 spiro atoms. The number of rotatable bonds is 3. The topological polar surface area (TPSA) is 58.9 Å². The maximum atomic E-state index is 11.6. The molecule has 3 N–H and O–H groups in total. The number of hydrogen-bond acceptors (Lipinski definition) is 2. The van der Waals surface area contributed by atoms with Crippen molar-refractivity contribution in [1.82, 2.24) is 4.98 Å². The van der Waals surface area contributed by atoms with Gasteiger partial charge in [-0.1, -0.05) is 18.2 Å². The first-order valence-electron chi connectivity index (χ1n) is 5.29. The second-order valence-electron chi connectivity index (χ2n) is 3.63. The van der Waals surface area contributed by atoms with Crippen LogP contribution in [0.1, 0.15) is 12.0 Å². The maximum Gasteiger partial charge on any atom is 0.189 e. The third-order valence-electron chi connectivity index (χ3n) is 2.43. The van der Waals surface area contributed by atoms with Gasteiger partial charge in [-0.05, 0) is 30.7 Å². The van der Waals surface area contributed by atoms with Crippen LogP contribution in [0.4, 0.5) is 0 Å². The summed E-state index contributed by atoms with van der Waals surface area (Å²) in [5.41, 5.74) is 7.34. The smallest absolute Gasteiger partial charge is 0.189 e. The zero-order valence-corrected chi connectivity index (χ0v) is 8.94. The Hall–Kier alpha value is -1.87. The van der Waals surface area contributed by atoms with E-state index < -0.39 is 0 Å². The minimum absolute atomic E-state index is 0.0443. The summed E-state index contributed by atoms with van der Waals surface area (Å²) in [6.45, 7) is 0.644. The van der Waals surface area contributed by atoms with E-state index in [0.717, 1.165) is 22.9 Å². The van der Waals surface area contributed by atoms with E-state index in [9.17, 15) is 4.79 Å². The van der Waals surface area contributed by atoms with Crippen LogP contribution in [0.25, 0.3) is 17.0 Å². The normalized spacial score (nSPS) is 11.3. The molecule has 0 aliphatic rings. The SMILES string of the molecule is NCCC=Cc1ccc2[nH]ccc(=O)c2c1. The van der Waals surface area contributed by atoms with Gasteiger partial charge in [0.05, 0.1) is 0 Å². The lowest BCUT2D eigenvalue weighted by molar-refractivity contribution is 1.01. The average molecular weight is 214 g/mol. The van der Waals surface area contributed by atoms with E-state index in [2.05, 4.69) is 4.98 Å². The van der Waals surface area contributed by atoms with Crippen LogP contribution in [0, 0.1) is 0 Å². The van der Waals surface area contributed by atoms with Gasteiger partial charge in [-0.3, -0.25) is 4.79 Å². The second-order valence-corrected chi connectivity index (χ2v) is 3.63. The van der Waals surface area contributed by atoms with Crippen LogP contribution in [-0.4, -0.2) is 11.5 Å². The molecular weight excluding hydrogens is 200 g/mol. The highest BCUT2D eigenvalue weighted by molar-refractivity contribution is 5.80. The third kappa shape index (κ3) is 2.20. The predicted octanol–water partition coefficient (Wildman–Crippen LogP) is 1.89. The molecule has 3 heteroatoms. The van der Waals surface area contributed by atoms with Crippen LogP contribution < -0.4 is 11.2 Å². The lowest BCUT2D eigenvalue weighted by Gasteiger charge is -1.98. The quantitative estimate of drug-likeness (QED) is 0.819. The Labute approximate surface area is 93.6 Å². The van der Waals surface area contributed by atoms with Gasteiger partial charge >= 0.3 is 0 Å². The van der Waals surface area contributed by atoms with Crippen LogP contribution in [0.3, 0.4) is 0 Å². The van der Waals surface area contributed by atoms with Crippen LogP contribution in [0.2, 0.25) is 0 Å². The molecule has 3 nitrogen and oxygen atoms in total. The lowest BCUT2D eigenvalue weighted by atomic mass is 10.1. The molecular formula is C13H14N2O. The van der Waals surface area contributed by atoms with Gasteiger partial charge in [-0.15, -0.1) is 0 Å². The number of nitrogens with one attached hydrogen (secondary N) is 1. The van der Waals surface area contributed by atoms with Gasteiger partial charge in [0.2, 0.25) is 0 Å². The summed E-state index contributed by atoms with van der Waals surface area (Å²) in [4.78, 5) is 14.6. The molecule has 2 aromatic rings. The van der Waals surface area contributed by atoms with Gasteiger partial charge in [0.15, 0.2) is 5.43 Å². The molecule has 0 atom stereocenters. The van der Waals surface area contributed by atoms with E-state index in [4.69, 9.17) is 5.73 Å². The molecule has 82 valence electrons. The lowest BCUT2D eigenvalue weighted by Crippen LogP contribution is -1.99. The van der Waals surface area contributed by atoms with E-state index in [1.165, 1.54) is 6.07 Å². The maximum absolute atomic E-state index is 11.6. The van der Waals surface area contributed by atoms with Gasteiger partial charge in [0, 0.05) is 23.2 Å². The molecule has 0 aliphatic heterocycles. The van der Waals surface area contributed by atoms with Gasteiger partial charge < -0.3 is 10.7 Å². The molecule has 1 aromatic carbocycles. The third-order valence-corrected chi connectivity index (χ3v) is 2.43. The first-order valence-corrected chi connectivity index (χ1v) is 5.29. The number of hydrogen-bond donors (Lipinski definition) is 2. The Morgan fingerprint density at radius 1 is 1.31 bits per heavy atom. The summed E-state index contributed by atoms with van der Waals surface area (Å²) < 4.78 is 0. The highest BCUT2D eigenvalue weighted by atomic mass is 16.1. The molecule has 0 saturated heterocycles. The van der Waals surface area contributed by atoms with Crippen molar-refractivity contribution in [2.24, 2.45) is 5.73 Å². The fourth-order valence-corrected chi connectivity index (χ4v) is 1.61. The largest absolute Gasteiger partial charge is 0.361 e. The van der Waals surface area contributed by atoms with Crippen molar-refractivity contribution < 1.29 is 0 Å². The molecule has 0 unspecified atom stereocenters. The molecule has 1 heterocycles. The van der Waals surface area contributed by atoms with Crippen LogP contribution >= 0.6 is 0 Å². The number of nitrogens with two attached hydrogens (primary N) is 1. The van der Waals surface area contributed by atoms with Crippen molar-refractivity contribution in [2.45, 2.75) is 6.42 Å². The summed E-state index contributed by atoms with van der Waals surface area (Å²) in [5.74, 6) is 0. The van der Waals surface area contributed by atoms with E-state index in [-0.39, 0.29) is 5.43 Å². The van der Waals surface area contributed by atoms with Gasteiger partial charge in [0.1, 0.15) is 0 Å². The molecule has 0 saturated carbocycles. The average Bonchev–Trinajstić information content (AvgIpc) is 2.30. The number of aromatic amines is 1. The van der Waals surface area contributed by atoms with Crippen LogP contribution in [-0.2, 0) is 0 Å². The zero-order chi connectivity index (χ0) is 11.4. The van der Waals surface area contributed by atoms with Crippen molar-refractivity contribution in [1.29, 1.82) is 0 Å². The van der Waals surface area contributed by atoms with Crippen LogP contribution in [0.15, 0.2) is 41.3 Å². The Bertz CT molecular complexity index is 569. The highest BCUT2D eigenvalue weighted by Crippen LogP contribution is 2.11. The highest BCUT2D eigenvalue weighted by Gasteiger charge is 1.97. The van der Waals surface area contributed by atoms with E-state index in [1.807, 2.05) is 30.4 Å². The van der Waals surface area contributed by atoms with Crippen molar-refractivity contribution in [3.63, 3.8) is 0 Å². The Kier molecular flexibility index (Phi) is 3.17. The predicted molar refractivity (Wildman–Crippen MR) is 67.3 cm³/mol. The fraction of sp³-hybridized carbons (Fsp3) is 0.154. The van der Waals surface area contributed by atoms with Crippen molar-refractivity contribution in [3.05, 3.63) is 52.3 Å².